The molecule has 7 nitrogen and oxygen atoms in total. The Bertz CT molecular complexity index is 1020. The van der Waals surface area contributed by atoms with Crippen LogP contribution in [0.5, 0.6) is 11.5 Å². The predicted molar refractivity (Wildman–Crippen MR) is 105 cm³/mol. The summed E-state index contributed by atoms with van der Waals surface area (Å²) < 4.78 is 10.6. The first-order valence-corrected chi connectivity index (χ1v) is 9.00. The van der Waals surface area contributed by atoms with E-state index in [2.05, 4.69) is 20.8 Å². The number of fused-ring (bicyclic) bond motifs is 1. The Morgan fingerprint density at radius 2 is 1.93 bits per heavy atom. The van der Waals surface area contributed by atoms with Crippen molar-refractivity contribution >= 4 is 29.0 Å². The number of amides is 1. The lowest BCUT2D eigenvalue weighted by molar-refractivity contribution is 0.0945. The van der Waals surface area contributed by atoms with Crippen molar-refractivity contribution in [2.45, 2.75) is 13.5 Å². The molecule has 0 bridgehead atoms. The van der Waals surface area contributed by atoms with Crippen LogP contribution in [0.1, 0.15) is 21.6 Å². The summed E-state index contributed by atoms with van der Waals surface area (Å²) in [6.45, 7) is 2.51. The molecule has 0 unspecified atom stereocenters. The first-order valence-electron chi connectivity index (χ1n) is 8.62. The zero-order chi connectivity index (χ0) is 19.5. The number of nitrogens with zero attached hydrogens (tertiary/aromatic N) is 2. The van der Waals surface area contributed by atoms with Crippen LogP contribution in [0.25, 0.3) is 0 Å². The van der Waals surface area contributed by atoms with Crippen molar-refractivity contribution < 1.29 is 14.3 Å². The van der Waals surface area contributed by atoms with Crippen LogP contribution in [0, 0.1) is 6.92 Å². The Kier molecular flexibility index (Phi) is 4.99. The van der Waals surface area contributed by atoms with E-state index in [4.69, 9.17) is 21.1 Å². The van der Waals surface area contributed by atoms with Crippen molar-refractivity contribution in [2.24, 2.45) is 0 Å². The lowest BCUT2D eigenvalue weighted by Gasteiger charge is -2.09. The molecular formula is C20H17ClN4O3. The number of anilines is 2. The monoisotopic (exact) mass is 396 g/mol. The number of benzene rings is 2. The second kappa shape index (κ2) is 7.74. The first-order chi connectivity index (χ1) is 13.6. The SMILES string of the molecule is Cc1cc(Cl)ccc1Nc1ccc(C(=O)NCc2ccc3c(c2)OCO3)nn1. The van der Waals surface area contributed by atoms with E-state index in [1.165, 1.54) is 0 Å². The highest BCUT2D eigenvalue weighted by Gasteiger charge is 2.14. The molecular weight excluding hydrogens is 380 g/mol. The summed E-state index contributed by atoms with van der Waals surface area (Å²) in [5.41, 5.74) is 3.00. The highest BCUT2D eigenvalue weighted by Crippen LogP contribution is 2.32. The molecule has 0 atom stereocenters. The van der Waals surface area contributed by atoms with Crippen molar-refractivity contribution in [1.29, 1.82) is 0 Å². The minimum Gasteiger partial charge on any atom is -0.454 e. The highest BCUT2D eigenvalue weighted by atomic mass is 35.5. The average molecular weight is 397 g/mol. The second-order valence-corrected chi connectivity index (χ2v) is 6.69. The molecule has 2 aromatic carbocycles. The molecule has 0 aliphatic carbocycles. The van der Waals surface area contributed by atoms with Gasteiger partial charge in [-0.25, -0.2) is 0 Å². The maximum atomic E-state index is 12.3. The molecule has 8 heteroatoms. The number of ether oxygens (including phenoxy) is 2. The van der Waals surface area contributed by atoms with E-state index in [9.17, 15) is 4.79 Å². The third-order valence-corrected chi connectivity index (χ3v) is 4.47. The fourth-order valence-corrected chi connectivity index (χ4v) is 2.98. The van der Waals surface area contributed by atoms with Crippen molar-refractivity contribution in [3.8, 4) is 11.5 Å². The summed E-state index contributed by atoms with van der Waals surface area (Å²) in [7, 11) is 0. The molecule has 1 aliphatic rings. The van der Waals surface area contributed by atoms with E-state index >= 15 is 0 Å². The largest absolute Gasteiger partial charge is 0.454 e. The zero-order valence-electron chi connectivity index (χ0n) is 15.0. The third-order valence-electron chi connectivity index (χ3n) is 4.24. The number of rotatable bonds is 5. The molecule has 2 N–H and O–H groups in total. The Labute approximate surface area is 166 Å². The van der Waals surface area contributed by atoms with Gasteiger partial charge in [0.25, 0.3) is 5.91 Å². The van der Waals surface area contributed by atoms with Crippen LogP contribution >= 0.6 is 11.6 Å². The smallest absolute Gasteiger partial charge is 0.272 e. The van der Waals surface area contributed by atoms with Gasteiger partial charge in [-0.2, -0.15) is 0 Å². The first kappa shape index (κ1) is 18.1. The minimum absolute atomic E-state index is 0.219. The van der Waals surface area contributed by atoms with Crippen LogP contribution in [-0.2, 0) is 6.54 Å². The minimum atomic E-state index is -0.306. The van der Waals surface area contributed by atoms with Gasteiger partial charge in [-0.15, -0.1) is 10.2 Å². The average Bonchev–Trinajstić information content (AvgIpc) is 3.17. The van der Waals surface area contributed by atoms with Gasteiger partial charge in [0.15, 0.2) is 23.0 Å². The van der Waals surface area contributed by atoms with E-state index in [1.807, 2.05) is 37.3 Å². The van der Waals surface area contributed by atoms with Crippen LogP contribution < -0.4 is 20.1 Å². The van der Waals surface area contributed by atoms with Gasteiger partial charge in [0.05, 0.1) is 0 Å². The quantitative estimate of drug-likeness (QED) is 0.681. The number of aromatic nitrogens is 2. The molecule has 0 spiro atoms. The maximum absolute atomic E-state index is 12.3. The van der Waals surface area contributed by atoms with Crippen molar-refractivity contribution in [2.75, 3.05) is 12.1 Å². The standard InChI is InChI=1S/C20H17ClN4O3/c1-12-8-14(21)3-4-15(12)23-19-7-5-16(24-25-19)20(26)22-10-13-2-6-17-18(9-13)28-11-27-17/h2-9H,10-11H2,1H3,(H,22,26)(H,23,25). The topological polar surface area (TPSA) is 85.4 Å². The van der Waals surface area contributed by atoms with Crippen LogP contribution in [0.4, 0.5) is 11.5 Å². The number of carbonyl (C=O) groups is 1. The van der Waals surface area contributed by atoms with E-state index in [1.54, 1.807) is 18.2 Å². The molecule has 1 aromatic heterocycles. The van der Waals surface area contributed by atoms with E-state index < -0.39 is 0 Å². The van der Waals surface area contributed by atoms with Gasteiger partial charge in [0, 0.05) is 17.3 Å². The van der Waals surface area contributed by atoms with Gasteiger partial charge in [-0.1, -0.05) is 17.7 Å². The number of carbonyl (C=O) groups excluding carboxylic acids is 1. The number of hydrogen-bond donors (Lipinski definition) is 2. The number of nitrogens with one attached hydrogen (secondary N) is 2. The molecule has 3 aromatic rings. The molecule has 0 saturated heterocycles. The van der Waals surface area contributed by atoms with E-state index in [0.29, 0.717) is 28.9 Å². The van der Waals surface area contributed by atoms with E-state index in [-0.39, 0.29) is 18.4 Å². The molecule has 4 rings (SSSR count). The molecule has 142 valence electrons. The predicted octanol–water partition coefficient (Wildman–Crippen LogP) is 3.84. The van der Waals surface area contributed by atoms with Crippen LogP contribution in [-0.4, -0.2) is 22.9 Å². The summed E-state index contributed by atoms with van der Waals surface area (Å²) in [5, 5.41) is 14.7. The molecule has 28 heavy (non-hydrogen) atoms. The Hall–Kier alpha value is -3.32. The number of aryl methyl sites for hydroxylation is 1. The number of halogens is 1. The zero-order valence-corrected chi connectivity index (χ0v) is 15.8. The van der Waals surface area contributed by atoms with Gasteiger partial charge in [-0.3, -0.25) is 4.79 Å². The summed E-state index contributed by atoms with van der Waals surface area (Å²) in [5.74, 6) is 1.62. The third kappa shape index (κ3) is 3.99. The normalized spacial score (nSPS) is 11.9. The van der Waals surface area contributed by atoms with Gasteiger partial charge in [0.2, 0.25) is 6.79 Å². The van der Waals surface area contributed by atoms with Crippen molar-refractivity contribution in [1.82, 2.24) is 15.5 Å². The van der Waals surface area contributed by atoms with Gasteiger partial charge in [0.1, 0.15) is 0 Å². The van der Waals surface area contributed by atoms with Crippen LogP contribution in [0.15, 0.2) is 48.5 Å². The Balaban J connectivity index is 1.37. The highest BCUT2D eigenvalue weighted by molar-refractivity contribution is 6.30. The summed E-state index contributed by atoms with van der Waals surface area (Å²) in [6, 6.07) is 14.4. The summed E-state index contributed by atoms with van der Waals surface area (Å²) in [6.07, 6.45) is 0. The molecule has 1 aliphatic heterocycles. The van der Waals surface area contributed by atoms with Crippen LogP contribution in [0.2, 0.25) is 5.02 Å². The van der Waals surface area contributed by atoms with E-state index in [0.717, 1.165) is 16.8 Å². The number of hydrogen-bond acceptors (Lipinski definition) is 6. The molecule has 1 amide bonds. The Morgan fingerprint density at radius 1 is 1.07 bits per heavy atom. The fourth-order valence-electron chi connectivity index (χ4n) is 2.75. The molecule has 0 radical (unpaired) electrons. The van der Waals surface area contributed by atoms with Crippen molar-refractivity contribution in [3.05, 3.63) is 70.4 Å². The summed E-state index contributed by atoms with van der Waals surface area (Å²) in [4.78, 5) is 12.3. The van der Waals surface area contributed by atoms with Gasteiger partial charge < -0.3 is 20.1 Å². The van der Waals surface area contributed by atoms with Gasteiger partial charge >= 0.3 is 0 Å². The second-order valence-electron chi connectivity index (χ2n) is 6.26. The lowest BCUT2D eigenvalue weighted by atomic mass is 10.2. The van der Waals surface area contributed by atoms with Gasteiger partial charge in [-0.05, 0) is 60.5 Å². The van der Waals surface area contributed by atoms with Crippen LogP contribution in [0.3, 0.4) is 0 Å². The van der Waals surface area contributed by atoms with Crippen molar-refractivity contribution in [3.63, 3.8) is 0 Å². The molecule has 0 fully saturated rings. The maximum Gasteiger partial charge on any atom is 0.272 e. The Morgan fingerprint density at radius 3 is 2.71 bits per heavy atom. The molecule has 0 saturated carbocycles. The lowest BCUT2D eigenvalue weighted by Crippen LogP contribution is -2.24. The summed E-state index contributed by atoms with van der Waals surface area (Å²) >= 11 is 5.96. The fraction of sp³-hybridized carbons (Fsp3) is 0.150. The molecule has 2 heterocycles.